The molecule has 5 heteroatoms. The minimum absolute atomic E-state index is 0.101. The molecule has 1 N–H and O–H groups in total. The first-order chi connectivity index (χ1) is 12.2. The van der Waals surface area contributed by atoms with Crippen LogP contribution in [0.1, 0.15) is 56.9 Å². The molecule has 0 saturated heterocycles. The Labute approximate surface area is 151 Å². The third-order valence-electron chi connectivity index (χ3n) is 4.96. The molecule has 25 heavy (non-hydrogen) atoms. The summed E-state index contributed by atoms with van der Waals surface area (Å²) in [5.41, 5.74) is 0.926. The van der Waals surface area contributed by atoms with E-state index in [1.54, 1.807) is 21.3 Å². The summed E-state index contributed by atoms with van der Waals surface area (Å²) in [6.45, 7) is 0.457. The molecule has 1 aliphatic carbocycles. The SMILES string of the molecule is COc1cc(CNC(=O)CCCC2CCCCC2)cc(OC)c1OC. The van der Waals surface area contributed by atoms with Gasteiger partial charge in [-0.05, 0) is 36.5 Å². The second-order valence-electron chi connectivity index (χ2n) is 6.71. The first-order valence-corrected chi connectivity index (χ1v) is 9.23. The zero-order chi connectivity index (χ0) is 18.1. The second kappa shape index (κ2) is 10.2. The number of benzene rings is 1. The van der Waals surface area contributed by atoms with Crippen LogP contribution in [0.2, 0.25) is 0 Å². The Kier molecular flexibility index (Phi) is 7.89. The van der Waals surface area contributed by atoms with Crippen LogP contribution >= 0.6 is 0 Å². The van der Waals surface area contributed by atoms with E-state index in [-0.39, 0.29) is 5.91 Å². The highest BCUT2D eigenvalue weighted by molar-refractivity contribution is 5.75. The molecule has 0 aliphatic heterocycles. The average Bonchev–Trinajstić information content (AvgIpc) is 2.66. The first-order valence-electron chi connectivity index (χ1n) is 9.23. The van der Waals surface area contributed by atoms with E-state index < -0.39 is 0 Å². The molecule has 140 valence electrons. The van der Waals surface area contributed by atoms with Crippen LogP contribution in [-0.4, -0.2) is 27.2 Å². The summed E-state index contributed by atoms with van der Waals surface area (Å²) < 4.78 is 16.0. The summed E-state index contributed by atoms with van der Waals surface area (Å²) in [6, 6.07) is 3.73. The molecule has 1 amide bonds. The normalized spacial score (nSPS) is 14.8. The van der Waals surface area contributed by atoms with E-state index in [0.717, 1.165) is 17.9 Å². The number of hydrogen-bond donors (Lipinski definition) is 1. The van der Waals surface area contributed by atoms with Crippen LogP contribution in [-0.2, 0) is 11.3 Å². The molecule has 2 rings (SSSR count). The Morgan fingerprint density at radius 2 is 1.68 bits per heavy atom. The fraction of sp³-hybridized carbons (Fsp3) is 0.650. The number of carbonyl (C=O) groups is 1. The van der Waals surface area contributed by atoms with Gasteiger partial charge in [0.1, 0.15) is 0 Å². The Bertz CT molecular complexity index is 528. The van der Waals surface area contributed by atoms with Crippen LogP contribution in [0.4, 0.5) is 0 Å². The van der Waals surface area contributed by atoms with E-state index in [4.69, 9.17) is 14.2 Å². The lowest BCUT2D eigenvalue weighted by Crippen LogP contribution is -2.22. The van der Waals surface area contributed by atoms with Crippen molar-refractivity contribution in [2.24, 2.45) is 5.92 Å². The highest BCUT2D eigenvalue weighted by Crippen LogP contribution is 2.38. The molecule has 0 atom stereocenters. The number of hydrogen-bond acceptors (Lipinski definition) is 4. The summed E-state index contributed by atoms with van der Waals surface area (Å²) >= 11 is 0. The van der Waals surface area contributed by atoms with Gasteiger partial charge in [-0.1, -0.05) is 32.1 Å². The van der Waals surface area contributed by atoms with Gasteiger partial charge in [0, 0.05) is 13.0 Å². The largest absolute Gasteiger partial charge is 0.493 e. The Morgan fingerprint density at radius 3 is 2.24 bits per heavy atom. The van der Waals surface area contributed by atoms with Crippen LogP contribution < -0.4 is 19.5 Å². The van der Waals surface area contributed by atoms with Crippen molar-refractivity contribution in [2.75, 3.05) is 21.3 Å². The van der Waals surface area contributed by atoms with Gasteiger partial charge >= 0.3 is 0 Å². The van der Waals surface area contributed by atoms with Gasteiger partial charge in [0.15, 0.2) is 11.5 Å². The molecule has 1 saturated carbocycles. The van der Waals surface area contributed by atoms with Gasteiger partial charge in [0.2, 0.25) is 11.7 Å². The molecule has 0 unspecified atom stereocenters. The topological polar surface area (TPSA) is 56.8 Å². The Morgan fingerprint density at radius 1 is 1.04 bits per heavy atom. The molecule has 0 aromatic heterocycles. The molecule has 1 aromatic carbocycles. The monoisotopic (exact) mass is 349 g/mol. The summed E-state index contributed by atoms with van der Waals surface area (Å²) in [7, 11) is 4.75. The predicted molar refractivity (Wildman–Crippen MR) is 98.4 cm³/mol. The summed E-state index contributed by atoms with van der Waals surface area (Å²) in [4.78, 5) is 12.1. The quantitative estimate of drug-likeness (QED) is 0.730. The molecule has 1 fully saturated rings. The number of ether oxygens (including phenoxy) is 3. The zero-order valence-corrected chi connectivity index (χ0v) is 15.7. The fourth-order valence-electron chi connectivity index (χ4n) is 3.55. The zero-order valence-electron chi connectivity index (χ0n) is 15.7. The smallest absolute Gasteiger partial charge is 0.220 e. The van der Waals surface area contributed by atoms with Gasteiger partial charge in [-0.3, -0.25) is 4.79 Å². The van der Waals surface area contributed by atoms with Crippen molar-refractivity contribution in [3.63, 3.8) is 0 Å². The second-order valence-corrected chi connectivity index (χ2v) is 6.71. The van der Waals surface area contributed by atoms with Crippen LogP contribution in [0, 0.1) is 5.92 Å². The molecule has 1 aromatic rings. The Balaban J connectivity index is 1.80. The lowest BCUT2D eigenvalue weighted by Gasteiger charge is -2.21. The highest BCUT2D eigenvalue weighted by atomic mass is 16.5. The van der Waals surface area contributed by atoms with Gasteiger partial charge in [0.25, 0.3) is 0 Å². The van der Waals surface area contributed by atoms with Crippen LogP contribution in [0.25, 0.3) is 0 Å². The third-order valence-corrected chi connectivity index (χ3v) is 4.96. The number of methoxy groups -OCH3 is 3. The van der Waals surface area contributed by atoms with E-state index in [2.05, 4.69) is 5.32 Å². The predicted octanol–water partition coefficient (Wildman–Crippen LogP) is 4.08. The van der Waals surface area contributed by atoms with E-state index in [0.29, 0.717) is 30.2 Å². The van der Waals surface area contributed by atoms with E-state index in [1.807, 2.05) is 12.1 Å². The van der Waals surface area contributed by atoms with Crippen molar-refractivity contribution in [3.8, 4) is 17.2 Å². The van der Waals surface area contributed by atoms with Crippen molar-refractivity contribution in [1.82, 2.24) is 5.32 Å². The van der Waals surface area contributed by atoms with E-state index >= 15 is 0 Å². The maximum Gasteiger partial charge on any atom is 0.220 e. The number of amides is 1. The summed E-state index contributed by atoms with van der Waals surface area (Å²) in [5.74, 6) is 2.69. The van der Waals surface area contributed by atoms with Gasteiger partial charge < -0.3 is 19.5 Å². The van der Waals surface area contributed by atoms with Crippen molar-refractivity contribution in [2.45, 2.75) is 57.9 Å². The lowest BCUT2D eigenvalue weighted by atomic mass is 9.86. The Hall–Kier alpha value is -1.91. The van der Waals surface area contributed by atoms with Gasteiger partial charge in [-0.2, -0.15) is 0 Å². The molecule has 0 radical (unpaired) electrons. The molecule has 0 heterocycles. The van der Waals surface area contributed by atoms with Crippen LogP contribution in [0.15, 0.2) is 12.1 Å². The van der Waals surface area contributed by atoms with Gasteiger partial charge in [-0.25, -0.2) is 0 Å². The minimum atomic E-state index is 0.101. The molecule has 0 bridgehead atoms. The molecule has 0 spiro atoms. The molecular weight excluding hydrogens is 318 g/mol. The maximum atomic E-state index is 12.1. The van der Waals surface area contributed by atoms with Crippen molar-refractivity contribution in [1.29, 1.82) is 0 Å². The lowest BCUT2D eigenvalue weighted by molar-refractivity contribution is -0.121. The number of rotatable bonds is 9. The molecule has 1 aliphatic rings. The fourth-order valence-corrected chi connectivity index (χ4v) is 3.55. The number of nitrogens with one attached hydrogen (secondary N) is 1. The van der Waals surface area contributed by atoms with Crippen LogP contribution in [0.3, 0.4) is 0 Å². The molecule has 5 nitrogen and oxygen atoms in total. The first kappa shape index (κ1) is 19.4. The summed E-state index contributed by atoms with van der Waals surface area (Å²) in [5, 5.41) is 2.99. The maximum absolute atomic E-state index is 12.1. The van der Waals surface area contributed by atoms with Crippen molar-refractivity contribution < 1.29 is 19.0 Å². The van der Waals surface area contributed by atoms with E-state index in [1.165, 1.54) is 38.5 Å². The van der Waals surface area contributed by atoms with Crippen LogP contribution in [0.5, 0.6) is 17.2 Å². The van der Waals surface area contributed by atoms with Crippen molar-refractivity contribution >= 4 is 5.91 Å². The third kappa shape index (κ3) is 5.83. The summed E-state index contributed by atoms with van der Waals surface area (Å²) in [6.07, 6.45) is 9.53. The minimum Gasteiger partial charge on any atom is -0.493 e. The van der Waals surface area contributed by atoms with E-state index in [9.17, 15) is 4.79 Å². The number of carbonyl (C=O) groups excluding carboxylic acids is 1. The van der Waals surface area contributed by atoms with Gasteiger partial charge in [-0.15, -0.1) is 0 Å². The average molecular weight is 349 g/mol. The van der Waals surface area contributed by atoms with Crippen molar-refractivity contribution in [3.05, 3.63) is 17.7 Å². The standard InChI is InChI=1S/C20H31NO4/c1-23-17-12-16(13-18(24-2)20(17)25-3)14-21-19(22)11-7-10-15-8-5-4-6-9-15/h12-13,15H,4-11,14H2,1-3H3,(H,21,22). The van der Waals surface area contributed by atoms with Gasteiger partial charge in [0.05, 0.1) is 21.3 Å². The molecular formula is C20H31NO4. The highest BCUT2D eigenvalue weighted by Gasteiger charge is 2.15.